The van der Waals surface area contributed by atoms with Gasteiger partial charge in [-0.2, -0.15) is 10.1 Å². The molecule has 0 spiro atoms. The summed E-state index contributed by atoms with van der Waals surface area (Å²) in [7, 11) is 1.68. The number of methoxy groups -OCH3 is 1. The Bertz CT molecular complexity index is 853. The van der Waals surface area contributed by atoms with Crippen LogP contribution in [-0.2, 0) is 13.0 Å². The van der Waals surface area contributed by atoms with Gasteiger partial charge in [0.2, 0.25) is 5.95 Å². The first-order chi connectivity index (χ1) is 12.7. The van der Waals surface area contributed by atoms with Crippen LogP contribution >= 0.6 is 0 Å². The number of benzene rings is 2. The van der Waals surface area contributed by atoms with Crippen LogP contribution in [0, 0.1) is 6.92 Å². The Morgan fingerprint density at radius 3 is 2.69 bits per heavy atom. The van der Waals surface area contributed by atoms with Crippen molar-refractivity contribution < 1.29 is 4.74 Å². The van der Waals surface area contributed by atoms with Crippen LogP contribution in [0.25, 0.3) is 0 Å². The molecule has 6 heteroatoms. The third-order valence-corrected chi connectivity index (χ3v) is 3.95. The molecule has 134 valence electrons. The van der Waals surface area contributed by atoms with Gasteiger partial charge in [0.05, 0.1) is 13.3 Å². The Morgan fingerprint density at radius 2 is 1.85 bits per heavy atom. The Kier molecular flexibility index (Phi) is 5.98. The highest BCUT2D eigenvalue weighted by Gasteiger charge is 2.02. The van der Waals surface area contributed by atoms with E-state index >= 15 is 0 Å². The first kappa shape index (κ1) is 17.7. The summed E-state index contributed by atoms with van der Waals surface area (Å²) in [5.41, 5.74) is 3.62. The second kappa shape index (κ2) is 8.80. The molecule has 0 amide bonds. The molecule has 0 aliphatic heterocycles. The molecule has 0 atom stereocenters. The minimum atomic E-state index is 0.512. The summed E-state index contributed by atoms with van der Waals surface area (Å²) in [5, 5.41) is 14.5. The molecule has 3 rings (SSSR count). The Hall–Kier alpha value is -3.15. The fourth-order valence-electron chi connectivity index (χ4n) is 2.63. The van der Waals surface area contributed by atoms with Crippen LogP contribution in [0.15, 0.2) is 54.7 Å². The molecule has 26 heavy (non-hydrogen) atoms. The highest BCUT2D eigenvalue weighted by molar-refractivity contribution is 5.38. The van der Waals surface area contributed by atoms with Crippen molar-refractivity contribution in [2.24, 2.45) is 0 Å². The van der Waals surface area contributed by atoms with Crippen molar-refractivity contribution >= 4 is 11.8 Å². The van der Waals surface area contributed by atoms with E-state index in [4.69, 9.17) is 4.74 Å². The van der Waals surface area contributed by atoms with E-state index in [2.05, 4.69) is 57.0 Å². The third-order valence-electron chi connectivity index (χ3n) is 3.95. The van der Waals surface area contributed by atoms with E-state index in [1.807, 2.05) is 24.3 Å². The van der Waals surface area contributed by atoms with Crippen molar-refractivity contribution in [3.63, 3.8) is 0 Å². The molecule has 0 saturated heterocycles. The van der Waals surface area contributed by atoms with Crippen molar-refractivity contribution in [3.05, 3.63) is 71.4 Å². The molecule has 3 aromatic rings. The average molecular weight is 349 g/mol. The van der Waals surface area contributed by atoms with Gasteiger partial charge < -0.3 is 15.4 Å². The number of hydrogen-bond donors (Lipinski definition) is 2. The number of hydrogen-bond acceptors (Lipinski definition) is 6. The van der Waals surface area contributed by atoms with Crippen LogP contribution in [0.2, 0.25) is 0 Å². The lowest BCUT2D eigenvalue weighted by molar-refractivity contribution is 0.414. The van der Waals surface area contributed by atoms with Crippen molar-refractivity contribution in [1.82, 2.24) is 15.2 Å². The van der Waals surface area contributed by atoms with E-state index in [0.717, 1.165) is 18.7 Å². The molecule has 0 radical (unpaired) electrons. The zero-order chi connectivity index (χ0) is 18.2. The van der Waals surface area contributed by atoms with E-state index in [1.165, 1.54) is 16.7 Å². The Balaban J connectivity index is 1.52. The van der Waals surface area contributed by atoms with Crippen molar-refractivity contribution in [2.75, 3.05) is 24.3 Å². The summed E-state index contributed by atoms with van der Waals surface area (Å²) in [6.45, 7) is 3.49. The zero-order valence-corrected chi connectivity index (χ0v) is 15.1. The number of rotatable bonds is 8. The maximum atomic E-state index is 5.25. The molecule has 0 aliphatic rings. The van der Waals surface area contributed by atoms with E-state index < -0.39 is 0 Å². The summed E-state index contributed by atoms with van der Waals surface area (Å²) in [5.74, 6) is 2.08. The maximum absolute atomic E-state index is 5.25. The number of nitrogens with one attached hydrogen (secondary N) is 2. The SMILES string of the molecule is COc1cccc(CCNc2cnnc(NCc3cccc(C)c3)n2)c1. The summed E-state index contributed by atoms with van der Waals surface area (Å²) in [4.78, 5) is 4.45. The topological polar surface area (TPSA) is 72.0 Å². The summed E-state index contributed by atoms with van der Waals surface area (Å²) >= 11 is 0. The molecular formula is C20H23N5O. The fraction of sp³-hybridized carbons (Fsp3) is 0.250. The molecule has 6 nitrogen and oxygen atoms in total. The minimum absolute atomic E-state index is 0.512. The molecule has 0 aliphatic carbocycles. The van der Waals surface area contributed by atoms with E-state index in [0.29, 0.717) is 18.3 Å². The average Bonchev–Trinajstić information content (AvgIpc) is 2.67. The van der Waals surface area contributed by atoms with Crippen LogP contribution in [-0.4, -0.2) is 28.8 Å². The maximum Gasteiger partial charge on any atom is 0.244 e. The first-order valence-electron chi connectivity index (χ1n) is 8.59. The molecule has 0 saturated carbocycles. The highest BCUT2D eigenvalue weighted by Crippen LogP contribution is 2.13. The van der Waals surface area contributed by atoms with Crippen molar-refractivity contribution in [3.8, 4) is 5.75 Å². The molecule has 2 aromatic carbocycles. The van der Waals surface area contributed by atoms with E-state index in [1.54, 1.807) is 13.3 Å². The number of nitrogens with zero attached hydrogens (tertiary/aromatic N) is 3. The van der Waals surface area contributed by atoms with Crippen LogP contribution in [0.4, 0.5) is 11.8 Å². The number of anilines is 2. The van der Waals surface area contributed by atoms with Crippen LogP contribution in [0.1, 0.15) is 16.7 Å². The van der Waals surface area contributed by atoms with Gasteiger partial charge in [-0.15, -0.1) is 5.10 Å². The lowest BCUT2D eigenvalue weighted by Gasteiger charge is -2.09. The lowest BCUT2D eigenvalue weighted by Crippen LogP contribution is -2.10. The normalized spacial score (nSPS) is 10.4. The minimum Gasteiger partial charge on any atom is -0.497 e. The zero-order valence-electron chi connectivity index (χ0n) is 15.1. The van der Waals surface area contributed by atoms with Gasteiger partial charge in [-0.3, -0.25) is 0 Å². The van der Waals surface area contributed by atoms with Gasteiger partial charge in [-0.05, 0) is 36.6 Å². The Morgan fingerprint density at radius 1 is 1.00 bits per heavy atom. The Labute approximate surface area is 153 Å². The van der Waals surface area contributed by atoms with E-state index in [9.17, 15) is 0 Å². The summed E-state index contributed by atoms with van der Waals surface area (Å²) in [6, 6.07) is 16.4. The molecule has 0 bridgehead atoms. The smallest absolute Gasteiger partial charge is 0.244 e. The summed E-state index contributed by atoms with van der Waals surface area (Å²) in [6.07, 6.45) is 2.50. The highest BCUT2D eigenvalue weighted by atomic mass is 16.5. The third kappa shape index (κ3) is 5.17. The number of aryl methyl sites for hydroxylation is 1. The van der Waals surface area contributed by atoms with Crippen LogP contribution in [0.3, 0.4) is 0 Å². The van der Waals surface area contributed by atoms with Gasteiger partial charge >= 0.3 is 0 Å². The van der Waals surface area contributed by atoms with Crippen molar-refractivity contribution in [2.45, 2.75) is 19.9 Å². The van der Waals surface area contributed by atoms with Gasteiger partial charge in [0.1, 0.15) is 5.75 Å². The fourth-order valence-corrected chi connectivity index (χ4v) is 2.63. The van der Waals surface area contributed by atoms with Gasteiger partial charge in [0, 0.05) is 13.1 Å². The predicted octanol–water partition coefficient (Wildman–Crippen LogP) is 3.46. The quantitative estimate of drug-likeness (QED) is 0.649. The number of aromatic nitrogens is 3. The second-order valence-electron chi connectivity index (χ2n) is 6.04. The van der Waals surface area contributed by atoms with E-state index in [-0.39, 0.29) is 0 Å². The molecule has 2 N–H and O–H groups in total. The van der Waals surface area contributed by atoms with Gasteiger partial charge in [0.15, 0.2) is 5.82 Å². The second-order valence-corrected chi connectivity index (χ2v) is 6.04. The van der Waals surface area contributed by atoms with Gasteiger partial charge in [-0.1, -0.05) is 42.0 Å². The van der Waals surface area contributed by atoms with Crippen LogP contribution in [0.5, 0.6) is 5.75 Å². The monoisotopic (exact) mass is 349 g/mol. The molecule has 1 heterocycles. The van der Waals surface area contributed by atoms with Crippen molar-refractivity contribution in [1.29, 1.82) is 0 Å². The molecular weight excluding hydrogens is 326 g/mol. The molecule has 1 aromatic heterocycles. The largest absolute Gasteiger partial charge is 0.497 e. The lowest BCUT2D eigenvalue weighted by atomic mass is 10.1. The standard InChI is InChI=1S/C20H23N5O/c1-15-5-3-7-17(11-15)13-22-20-24-19(14-23-25-20)21-10-9-16-6-4-8-18(12-16)26-2/h3-8,11-12,14H,9-10,13H2,1-2H3,(H2,21,22,24,25). The van der Waals surface area contributed by atoms with Crippen LogP contribution < -0.4 is 15.4 Å². The summed E-state index contributed by atoms with van der Waals surface area (Å²) < 4.78 is 5.25. The van der Waals surface area contributed by atoms with Gasteiger partial charge in [-0.25, -0.2) is 0 Å². The number of ether oxygens (including phenoxy) is 1. The molecule has 0 fully saturated rings. The first-order valence-corrected chi connectivity index (χ1v) is 8.59. The van der Waals surface area contributed by atoms with Gasteiger partial charge in [0.25, 0.3) is 0 Å². The predicted molar refractivity (Wildman–Crippen MR) is 104 cm³/mol. The molecule has 0 unspecified atom stereocenters.